The van der Waals surface area contributed by atoms with Crippen LogP contribution < -0.4 is 10.5 Å². The number of hydrogen-bond donors (Lipinski definition) is 1. The van der Waals surface area contributed by atoms with Crippen molar-refractivity contribution in [3.05, 3.63) is 63.6 Å². The Bertz CT molecular complexity index is 584. The van der Waals surface area contributed by atoms with E-state index in [9.17, 15) is 0 Å². The molecule has 2 rings (SSSR count). The van der Waals surface area contributed by atoms with E-state index in [1.807, 2.05) is 43.3 Å². The first-order valence-corrected chi connectivity index (χ1v) is 7.22. The van der Waals surface area contributed by atoms with E-state index in [1.165, 1.54) is 0 Å². The fraction of sp³-hybridized carbons (Fsp3) is 0.250. The lowest BCUT2D eigenvalue weighted by atomic mass is 10.1. The summed E-state index contributed by atoms with van der Waals surface area (Å²) in [5.74, 6) is 0.857. The van der Waals surface area contributed by atoms with Crippen molar-refractivity contribution in [2.75, 3.05) is 0 Å². The summed E-state index contributed by atoms with van der Waals surface area (Å²) in [5, 5.41) is 1.09. The second kappa shape index (κ2) is 6.98. The van der Waals surface area contributed by atoms with Gasteiger partial charge >= 0.3 is 0 Å². The monoisotopic (exact) mass is 309 g/mol. The number of nitrogens with two attached hydrogens (primary N) is 1. The quantitative estimate of drug-likeness (QED) is 0.885. The van der Waals surface area contributed by atoms with Gasteiger partial charge in [-0.25, -0.2) is 0 Å². The Morgan fingerprint density at radius 3 is 2.55 bits per heavy atom. The number of ether oxygens (including phenoxy) is 1. The second-order valence-corrected chi connectivity index (χ2v) is 5.64. The van der Waals surface area contributed by atoms with Crippen LogP contribution in [0.5, 0.6) is 5.75 Å². The average molecular weight is 310 g/mol. The van der Waals surface area contributed by atoms with Crippen molar-refractivity contribution in [1.29, 1.82) is 0 Å². The van der Waals surface area contributed by atoms with Crippen molar-refractivity contribution in [3.8, 4) is 5.75 Å². The van der Waals surface area contributed by atoms with E-state index < -0.39 is 0 Å². The molecule has 106 valence electrons. The Balaban J connectivity index is 2.08. The van der Waals surface area contributed by atoms with Gasteiger partial charge in [-0.15, -0.1) is 0 Å². The molecule has 2 nitrogen and oxygen atoms in total. The molecule has 2 aromatic carbocycles. The Labute approximate surface area is 129 Å². The minimum absolute atomic E-state index is 0.102. The van der Waals surface area contributed by atoms with Gasteiger partial charge in [-0.3, -0.25) is 0 Å². The molecule has 0 radical (unpaired) electrons. The molecule has 20 heavy (non-hydrogen) atoms. The third-order valence-electron chi connectivity index (χ3n) is 2.89. The average Bonchev–Trinajstić information content (AvgIpc) is 2.41. The van der Waals surface area contributed by atoms with Crippen molar-refractivity contribution in [1.82, 2.24) is 0 Å². The van der Waals surface area contributed by atoms with Gasteiger partial charge in [-0.05, 0) is 42.7 Å². The van der Waals surface area contributed by atoms with Crippen molar-refractivity contribution < 1.29 is 4.74 Å². The summed E-state index contributed by atoms with van der Waals surface area (Å²) < 4.78 is 5.86. The summed E-state index contributed by atoms with van der Waals surface area (Å²) in [6.07, 6.45) is 0.789. The second-order valence-electron chi connectivity index (χ2n) is 4.83. The summed E-state index contributed by atoms with van der Waals surface area (Å²) in [5.41, 5.74) is 7.94. The van der Waals surface area contributed by atoms with Gasteiger partial charge in [0.25, 0.3) is 0 Å². The maximum Gasteiger partial charge on any atom is 0.123 e. The summed E-state index contributed by atoms with van der Waals surface area (Å²) in [4.78, 5) is 0. The molecule has 0 heterocycles. The third-order valence-corrected chi connectivity index (χ3v) is 3.63. The SMILES string of the molecule is CC(N)Cc1ccccc1OCc1ccc(Cl)c(Cl)c1. The Morgan fingerprint density at radius 2 is 1.85 bits per heavy atom. The molecule has 1 atom stereocenters. The predicted molar refractivity (Wildman–Crippen MR) is 84.6 cm³/mol. The van der Waals surface area contributed by atoms with Gasteiger partial charge in [-0.1, -0.05) is 47.5 Å². The van der Waals surface area contributed by atoms with Crippen LogP contribution in [-0.2, 0) is 13.0 Å². The van der Waals surface area contributed by atoms with Crippen LogP contribution in [0.2, 0.25) is 10.0 Å². The molecular formula is C16H17Cl2NO. The van der Waals surface area contributed by atoms with Crippen molar-refractivity contribution in [2.24, 2.45) is 5.73 Å². The number of benzene rings is 2. The largest absolute Gasteiger partial charge is 0.489 e. The number of hydrogen-bond acceptors (Lipinski definition) is 2. The van der Waals surface area contributed by atoms with E-state index >= 15 is 0 Å². The maximum absolute atomic E-state index is 5.99. The van der Waals surface area contributed by atoms with E-state index in [2.05, 4.69) is 0 Å². The first-order valence-electron chi connectivity index (χ1n) is 6.46. The van der Waals surface area contributed by atoms with Gasteiger partial charge in [0.2, 0.25) is 0 Å². The minimum Gasteiger partial charge on any atom is -0.489 e. The fourth-order valence-electron chi connectivity index (χ4n) is 1.95. The van der Waals surface area contributed by atoms with Crippen LogP contribution in [0.4, 0.5) is 0 Å². The fourth-order valence-corrected chi connectivity index (χ4v) is 2.27. The standard InChI is InChI=1S/C16H17Cl2NO/c1-11(19)8-13-4-2-3-5-16(13)20-10-12-6-7-14(17)15(18)9-12/h2-7,9,11H,8,10,19H2,1H3. The Kier molecular flexibility index (Phi) is 5.30. The molecule has 0 aliphatic rings. The first-order chi connectivity index (χ1) is 9.56. The smallest absolute Gasteiger partial charge is 0.123 e. The van der Waals surface area contributed by atoms with Gasteiger partial charge < -0.3 is 10.5 Å². The molecule has 2 aromatic rings. The van der Waals surface area contributed by atoms with E-state index in [0.29, 0.717) is 16.7 Å². The van der Waals surface area contributed by atoms with Crippen molar-refractivity contribution in [2.45, 2.75) is 26.0 Å². The predicted octanol–water partition coefficient (Wildman–Crippen LogP) is 4.46. The summed E-state index contributed by atoms with van der Waals surface area (Å²) in [7, 11) is 0. The van der Waals surface area contributed by atoms with E-state index in [4.69, 9.17) is 33.7 Å². The third kappa shape index (κ3) is 4.14. The summed E-state index contributed by atoms with van der Waals surface area (Å²) in [6.45, 7) is 2.43. The normalized spacial score (nSPS) is 12.2. The highest BCUT2D eigenvalue weighted by Crippen LogP contribution is 2.24. The van der Waals surface area contributed by atoms with Crippen LogP contribution in [-0.4, -0.2) is 6.04 Å². The van der Waals surface area contributed by atoms with Crippen LogP contribution in [0.3, 0.4) is 0 Å². The van der Waals surface area contributed by atoms with Gasteiger partial charge in [0, 0.05) is 6.04 Å². The van der Waals surface area contributed by atoms with Crippen LogP contribution >= 0.6 is 23.2 Å². The molecule has 1 unspecified atom stereocenters. The maximum atomic E-state index is 5.99. The lowest BCUT2D eigenvalue weighted by Gasteiger charge is -2.13. The number of halogens is 2. The van der Waals surface area contributed by atoms with Crippen LogP contribution in [0.25, 0.3) is 0 Å². The topological polar surface area (TPSA) is 35.2 Å². The number of para-hydroxylation sites is 1. The molecule has 0 aromatic heterocycles. The number of rotatable bonds is 5. The van der Waals surface area contributed by atoms with Crippen LogP contribution in [0.1, 0.15) is 18.1 Å². The summed E-state index contributed by atoms with van der Waals surface area (Å²) >= 11 is 11.9. The van der Waals surface area contributed by atoms with Gasteiger partial charge in [0.15, 0.2) is 0 Å². The van der Waals surface area contributed by atoms with E-state index in [0.717, 1.165) is 23.3 Å². The van der Waals surface area contributed by atoms with Gasteiger partial charge in [0.1, 0.15) is 12.4 Å². The Morgan fingerprint density at radius 1 is 1.10 bits per heavy atom. The molecule has 0 aliphatic carbocycles. The minimum atomic E-state index is 0.102. The van der Waals surface area contributed by atoms with Crippen LogP contribution in [0.15, 0.2) is 42.5 Å². The first kappa shape index (κ1) is 15.2. The zero-order chi connectivity index (χ0) is 14.5. The zero-order valence-electron chi connectivity index (χ0n) is 11.3. The lowest BCUT2D eigenvalue weighted by molar-refractivity contribution is 0.302. The van der Waals surface area contributed by atoms with Gasteiger partial charge in [0.05, 0.1) is 10.0 Å². The molecule has 0 saturated heterocycles. The lowest BCUT2D eigenvalue weighted by Crippen LogP contribution is -2.18. The van der Waals surface area contributed by atoms with E-state index in [1.54, 1.807) is 6.07 Å². The molecule has 0 bridgehead atoms. The summed E-state index contributed by atoms with van der Waals surface area (Å²) in [6, 6.07) is 13.5. The molecule has 0 saturated carbocycles. The molecule has 0 amide bonds. The molecular weight excluding hydrogens is 293 g/mol. The molecule has 2 N–H and O–H groups in total. The highest BCUT2D eigenvalue weighted by Gasteiger charge is 2.06. The highest BCUT2D eigenvalue weighted by atomic mass is 35.5. The van der Waals surface area contributed by atoms with Gasteiger partial charge in [-0.2, -0.15) is 0 Å². The Hall–Kier alpha value is -1.22. The van der Waals surface area contributed by atoms with Crippen LogP contribution in [0, 0.1) is 0 Å². The zero-order valence-corrected chi connectivity index (χ0v) is 12.8. The molecule has 0 fully saturated rings. The van der Waals surface area contributed by atoms with Crippen molar-refractivity contribution in [3.63, 3.8) is 0 Å². The molecule has 0 aliphatic heterocycles. The van der Waals surface area contributed by atoms with E-state index in [-0.39, 0.29) is 6.04 Å². The molecule has 0 spiro atoms. The highest BCUT2D eigenvalue weighted by molar-refractivity contribution is 6.42. The molecule has 4 heteroatoms. The van der Waals surface area contributed by atoms with Crippen molar-refractivity contribution >= 4 is 23.2 Å².